The van der Waals surface area contributed by atoms with Gasteiger partial charge in [-0.15, -0.1) is 0 Å². The van der Waals surface area contributed by atoms with Gasteiger partial charge in [-0.1, -0.05) is 383 Å². The Labute approximate surface area is 648 Å². The summed E-state index contributed by atoms with van der Waals surface area (Å²) in [6.45, 7) is 12.4. The minimum atomic E-state index is -2.37. The van der Waals surface area contributed by atoms with Crippen molar-refractivity contribution in [1.82, 2.24) is 0 Å². The monoisotopic (exact) mass is 1430 g/mol. The average Bonchev–Trinajstić information content (AvgIpc) is 0.731. The summed E-state index contributed by atoms with van der Waals surface area (Å²) in [6.07, 6.45) is 0.819. The molecule has 0 aliphatic carbocycles. The zero-order chi connectivity index (χ0) is 74.2. The van der Waals surface area contributed by atoms with E-state index in [-0.39, 0.29) is 5.41 Å². The van der Waals surface area contributed by atoms with Crippen LogP contribution < -0.4 is 5.19 Å². The lowest BCUT2D eigenvalue weighted by Crippen LogP contribution is -2.44. The van der Waals surface area contributed by atoms with Crippen LogP contribution in [-0.2, 0) is 17.9 Å². The number of aryl methyl sites for hydroxylation is 1. The molecule has 0 radical (unpaired) electrons. The Hall–Kier alpha value is -13.0. The van der Waals surface area contributed by atoms with E-state index >= 15 is 0 Å². The fourth-order valence-electron chi connectivity index (χ4n) is 19.3. The average molecular weight is 1430 g/mol. The third kappa shape index (κ3) is 11.2. The Bertz CT molecular complexity index is 7460. The van der Waals surface area contributed by atoms with Crippen LogP contribution in [0.1, 0.15) is 36.1 Å². The highest BCUT2D eigenvalue weighted by atomic mass is 28.3. The van der Waals surface area contributed by atoms with Crippen molar-refractivity contribution in [1.29, 1.82) is 0 Å². The van der Waals surface area contributed by atoms with Crippen molar-refractivity contribution >= 4 is 143 Å². The summed E-state index contributed by atoms with van der Waals surface area (Å²) in [5.74, 6) is 0. The molecule has 524 valence electrons. The van der Waals surface area contributed by atoms with E-state index in [4.69, 9.17) is 0 Å². The lowest BCUT2D eigenvalue weighted by Gasteiger charge is -2.28. The van der Waals surface area contributed by atoms with E-state index in [1.807, 2.05) is 0 Å². The molecule has 0 bridgehead atoms. The Kier molecular flexibility index (Phi) is 15.6. The molecule has 0 aromatic heterocycles. The van der Waals surface area contributed by atoms with Crippen LogP contribution in [-0.4, -0.2) is 8.07 Å². The van der Waals surface area contributed by atoms with Crippen LogP contribution >= 0.6 is 0 Å². The molecule has 0 fully saturated rings. The van der Waals surface area contributed by atoms with E-state index in [1.54, 1.807) is 0 Å². The quantitative estimate of drug-likeness (QED) is 0.0845. The molecule has 0 aliphatic rings. The number of hydrogen-bond acceptors (Lipinski definition) is 0. The van der Waals surface area contributed by atoms with Crippen LogP contribution in [0, 0.1) is 6.92 Å². The second kappa shape index (κ2) is 26.1. The molecule has 0 saturated heterocycles. The summed E-state index contributed by atoms with van der Waals surface area (Å²) in [4.78, 5) is 0. The molecule has 1 heteroatoms. The van der Waals surface area contributed by atoms with E-state index in [9.17, 15) is 0 Å². The molecule has 21 aromatic carbocycles. The smallest absolute Gasteiger partial charge is 0.0652 e. The number of fused-ring (bicyclic) bond motifs is 12. The lowest BCUT2D eigenvalue weighted by molar-refractivity contribution is 0.523. The molecule has 111 heavy (non-hydrogen) atoms. The largest absolute Gasteiger partial charge is 0.0849 e. The minimum Gasteiger partial charge on any atom is -0.0652 e. The van der Waals surface area contributed by atoms with Gasteiger partial charge in [-0.05, 0) is 262 Å². The molecule has 0 heterocycles. The van der Waals surface area contributed by atoms with Crippen molar-refractivity contribution in [3.63, 3.8) is 0 Å². The summed E-state index contributed by atoms with van der Waals surface area (Å²) in [5.41, 5.74) is 20.1. The summed E-state index contributed by atoms with van der Waals surface area (Å²) in [6, 6.07) is 143. The Morgan fingerprint density at radius 2 is 0.550 bits per heavy atom. The van der Waals surface area contributed by atoms with Crippen LogP contribution in [0.3, 0.4) is 0 Å². The van der Waals surface area contributed by atoms with Gasteiger partial charge in [0.25, 0.3) is 0 Å². The zero-order valence-corrected chi connectivity index (χ0v) is 64.1. The Morgan fingerprint density at radius 3 is 1.02 bits per heavy atom. The van der Waals surface area contributed by atoms with Crippen molar-refractivity contribution in [3.05, 3.63) is 392 Å². The summed E-state index contributed by atoms with van der Waals surface area (Å²) in [5, 5.41) is 31.7. The molecule has 0 aliphatic heterocycles. The summed E-state index contributed by atoms with van der Waals surface area (Å²) >= 11 is 0. The van der Waals surface area contributed by atoms with Gasteiger partial charge in [0.15, 0.2) is 0 Å². The first kappa shape index (κ1) is 66.2. The molecule has 0 saturated carbocycles. The number of rotatable bonds is 12. The molecule has 21 rings (SSSR count). The predicted molar refractivity (Wildman–Crippen MR) is 484 cm³/mol. The zero-order valence-electron chi connectivity index (χ0n) is 63.1. The first-order valence-corrected chi connectivity index (χ1v) is 42.5. The maximum atomic E-state index is 2.62. The van der Waals surface area contributed by atoms with Gasteiger partial charge in [-0.25, -0.2) is 0 Å². The Balaban J connectivity index is 0.759. The van der Waals surface area contributed by atoms with Crippen molar-refractivity contribution in [2.75, 3.05) is 0 Å². The normalized spacial score (nSPS) is 12.3. The number of benzene rings is 21. The van der Waals surface area contributed by atoms with E-state index < -0.39 is 8.07 Å². The van der Waals surface area contributed by atoms with Crippen molar-refractivity contribution in [2.45, 2.75) is 51.7 Å². The summed E-state index contributed by atoms with van der Waals surface area (Å²) in [7, 11) is -2.37. The molecule has 0 N–H and O–H groups in total. The van der Waals surface area contributed by atoms with Gasteiger partial charge < -0.3 is 0 Å². The van der Waals surface area contributed by atoms with Crippen LogP contribution in [0.4, 0.5) is 0 Å². The van der Waals surface area contributed by atoms with E-state index in [0.29, 0.717) is 0 Å². The fourth-order valence-corrected chi connectivity index (χ4v) is 21.8. The van der Waals surface area contributed by atoms with Gasteiger partial charge >= 0.3 is 0 Å². The van der Waals surface area contributed by atoms with Gasteiger partial charge in [0, 0.05) is 0 Å². The molecule has 0 atom stereocenters. The first-order chi connectivity index (χ1) is 54.4. The molecule has 0 amide bonds. The third-order valence-electron chi connectivity index (χ3n) is 24.7. The van der Waals surface area contributed by atoms with Crippen molar-refractivity contribution in [3.8, 4) is 66.8 Å². The van der Waals surface area contributed by atoms with Gasteiger partial charge in [0.05, 0.1) is 8.07 Å². The summed E-state index contributed by atoms with van der Waals surface area (Å²) < 4.78 is 0. The molecule has 0 unspecified atom stereocenters. The molecular weight excluding hydrogens is 1350 g/mol. The van der Waals surface area contributed by atoms with Gasteiger partial charge in [-0.2, -0.15) is 0 Å². The van der Waals surface area contributed by atoms with E-state index in [1.165, 1.54) is 223 Å². The number of hydrogen-bond donors (Lipinski definition) is 0. The first-order valence-electron chi connectivity index (χ1n) is 39.3. The SMILES string of the molecule is Cc1ccc2c(-c3cccc4ccccc34)c3ccc(CC(C)(C)c4ccc5c(-c6cccc7ccccc67)c6ccc(C[Si](C)(C)c7ccc8c(-c9cccc%10ccccc9%10)c9ccccc9c(-c9ccc%10ccccc%10c9)c8c7)cc6c(-c6ccc7ccccc7c6)c5c4)cc3c(-c3ccc4ccccc4c3)c2c1. The highest BCUT2D eigenvalue weighted by molar-refractivity contribution is 6.89. The molecule has 0 spiro atoms. The Morgan fingerprint density at radius 1 is 0.225 bits per heavy atom. The third-order valence-corrected chi connectivity index (χ3v) is 27.9. The van der Waals surface area contributed by atoms with Crippen molar-refractivity contribution < 1.29 is 0 Å². The van der Waals surface area contributed by atoms with E-state index in [0.717, 1.165) is 12.5 Å². The van der Waals surface area contributed by atoms with Crippen molar-refractivity contribution in [2.24, 2.45) is 0 Å². The van der Waals surface area contributed by atoms with Crippen LogP contribution in [0.15, 0.2) is 370 Å². The minimum absolute atomic E-state index is 0.320. The maximum absolute atomic E-state index is 2.62. The fraction of sp³-hybridized carbons (Fsp3) is 0.0727. The second-order valence-electron chi connectivity index (χ2n) is 32.5. The van der Waals surface area contributed by atoms with Crippen LogP contribution in [0.2, 0.25) is 13.1 Å². The molecule has 0 nitrogen and oxygen atoms in total. The van der Waals surface area contributed by atoms with Gasteiger partial charge in [0.2, 0.25) is 0 Å². The lowest BCUT2D eigenvalue weighted by atomic mass is 9.76. The molecular formula is C110H80Si. The van der Waals surface area contributed by atoms with Crippen LogP contribution in [0.5, 0.6) is 0 Å². The maximum Gasteiger partial charge on any atom is 0.0849 e. The van der Waals surface area contributed by atoms with Gasteiger partial charge in [-0.3, -0.25) is 0 Å². The van der Waals surface area contributed by atoms with Crippen LogP contribution in [0.25, 0.3) is 196 Å². The topological polar surface area (TPSA) is 0 Å². The molecule has 21 aromatic rings. The highest BCUT2D eigenvalue weighted by Gasteiger charge is 2.31. The second-order valence-corrected chi connectivity index (χ2v) is 37.2. The van der Waals surface area contributed by atoms with E-state index in [2.05, 4.69) is 404 Å². The standard InChI is InChI=1S/C110H80Si/c1-69-43-54-94-99(59-69)105(82-50-47-73-24-7-10-30-79(73)63-82)100-60-70(44-55-95(100)108(94)90-41-21-33-76-27-13-16-36-87(76)90)67-110(2,3)84-52-57-97-102(65-84)106(83-51-48-74-25-8-11-31-80(74)64-83)101-61-71(45-56-96(101)109(97)91-42-22-34-77-28-14-17-37-88(77)91)68-111(4,5)85-53-58-98-103(66-85)104(81-49-46-72-23-6-9-29-78(72)62-81)92-38-18-19-39-93(92)107(98)89-40-20-32-75-26-12-15-35-86(75)89/h6-66H,67-68H2,1-5H3. The van der Waals surface area contributed by atoms with Gasteiger partial charge in [0.1, 0.15) is 0 Å². The highest BCUT2D eigenvalue weighted by Crippen LogP contribution is 2.52. The predicted octanol–water partition coefficient (Wildman–Crippen LogP) is 30.1.